The van der Waals surface area contributed by atoms with Gasteiger partial charge in [-0.3, -0.25) is 0 Å². The molecule has 0 unspecified atom stereocenters. The van der Waals surface area contributed by atoms with E-state index in [0.717, 1.165) is 5.69 Å². The summed E-state index contributed by atoms with van der Waals surface area (Å²) < 4.78 is 0. The summed E-state index contributed by atoms with van der Waals surface area (Å²) in [5, 5.41) is 17.8. The fourth-order valence-corrected chi connectivity index (χ4v) is 1.63. The number of benzene rings is 1. The Bertz CT molecular complexity index is 632. The highest BCUT2D eigenvalue weighted by Gasteiger charge is 2.09. The molecule has 0 atom stereocenters. The number of nitrogens with zero attached hydrogens (tertiary/aromatic N) is 4. The maximum absolute atomic E-state index is 9.04. The molecular weight excluding hydrogens is 224 g/mol. The van der Waals surface area contributed by atoms with Gasteiger partial charge in [0.05, 0.1) is 17.2 Å². The lowest BCUT2D eigenvalue weighted by molar-refractivity contribution is 1.12. The largest absolute Gasteiger partial charge is 0.328 e. The van der Waals surface area contributed by atoms with Crippen LogP contribution in [0, 0.1) is 22.7 Å². The molecule has 0 aliphatic heterocycles. The molecule has 0 spiro atoms. The zero-order chi connectivity index (χ0) is 13.0. The lowest BCUT2D eigenvalue weighted by Gasteiger charge is -2.19. The highest BCUT2D eigenvalue weighted by molar-refractivity contribution is 5.65. The van der Waals surface area contributed by atoms with Crippen molar-refractivity contribution in [2.24, 2.45) is 0 Å². The topological polar surface area (TPSA) is 63.7 Å². The van der Waals surface area contributed by atoms with Crippen LogP contribution in [0.25, 0.3) is 0 Å². The van der Waals surface area contributed by atoms with Gasteiger partial charge in [-0.2, -0.15) is 10.5 Å². The van der Waals surface area contributed by atoms with Crippen LogP contribution in [0.15, 0.2) is 42.6 Å². The molecule has 2 aromatic rings. The number of hydrogen-bond acceptors (Lipinski definition) is 4. The maximum Gasteiger partial charge on any atom is 0.150 e. The van der Waals surface area contributed by atoms with Gasteiger partial charge in [0.2, 0.25) is 0 Å². The van der Waals surface area contributed by atoms with Crippen molar-refractivity contribution >= 4 is 11.5 Å². The molecule has 1 aromatic carbocycles. The molecule has 0 saturated carbocycles. The SMILES string of the molecule is CN(c1ccc(C#N)cc1)c1ncccc1C#N. The third kappa shape index (κ3) is 2.14. The second-order valence-corrected chi connectivity index (χ2v) is 3.70. The second-order valence-electron chi connectivity index (χ2n) is 3.70. The summed E-state index contributed by atoms with van der Waals surface area (Å²) in [6.45, 7) is 0. The normalized spacial score (nSPS) is 9.28. The van der Waals surface area contributed by atoms with E-state index in [1.807, 2.05) is 24.1 Å². The molecule has 0 aliphatic carbocycles. The molecule has 1 aromatic heterocycles. The minimum Gasteiger partial charge on any atom is -0.328 e. The summed E-state index contributed by atoms with van der Waals surface area (Å²) in [5.41, 5.74) is 2.00. The van der Waals surface area contributed by atoms with Gasteiger partial charge in [-0.15, -0.1) is 0 Å². The summed E-state index contributed by atoms with van der Waals surface area (Å²) >= 11 is 0. The zero-order valence-corrected chi connectivity index (χ0v) is 9.83. The van der Waals surface area contributed by atoms with Crippen molar-refractivity contribution in [2.45, 2.75) is 0 Å². The predicted octanol–water partition coefficient (Wildman–Crippen LogP) is 2.59. The molecule has 4 nitrogen and oxygen atoms in total. The molecule has 1 heterocycles. The summed E-state index contributed by atoms with van der Waals surface area (Å²) in [4.78, 5) is 6.03. The number of nitriles is 2. The Labute approximate surface area is 105 Å². The van der Waals surface area contributed by atoms with E-state index in [0.29, 0.717) is 16.9 Å². The predicted molar refractivity (Wildman–Crippen MR) is 68.2 cm³/mol. The first-order chi connectivity index (χ1) is 8.76. The van der Waals surface area contributed by atoms with Gasteiger partial charge in [0, 0.05) is 18.9 Å². The van der Waals surface area contributed by atoms with Gasteiger partial charge in [0.1, 0.15) is 6.07 Å². The van der Waals surface area contributed by atoms with Crippen molar-refractivity contribution in [1.82, 2.24) is 4.98 Å². The summed E-state index contributed by atoms with van der Waals surface area (Å²) in [6.07, 6.45) is 1.65. The molecule has 0 aliphatic rings. The first-order valence-corrected chi connectivity index (χ1v) is 5.35. The number of pyridine rings is 1. The summed E-state index contributed by atoms with van der Waals surface area (Å²) in [6, 6.07) is 14.8. The Kier molecular flexibility index (Phi) is 3.22. The van der Waals surface area contributed by atoms with E-state index < -0.39 is 0 Å². The Morgan fingerprint density at radius 2 is 1.78 bits per heavy atom. The third-order valence-corrected chi connectivity index (χ3v) is 2.61. The highest BCUT2D eigenvalue weighted by atomic mass is 15.2. The van der Waals surface area contributed by atoms with Gasteiger partial charge in [0.15, 0.2) is 5.82 Å². The minimum absolute atomic E-state index is 0.518. The van der Waals surface area contributed by atoms with E-state index in [9.17, 15) is 0 Å². The van der Waals surface area contributed by atoms with Gasteiger partial charge in [-0.25, -0.2) is 4.98 Å². The van der Waals surface area contributed by atoms with E-state index in [1.54, 1.807) is 30.5 Å². The highest BCUT2D eigenvalue weighted by Crippen LogP contribution is 2.24. The van der Waals surface area contributed by atoms with Gasteiger partial charge < -0.3 is 4.90 Å². The van der Waals surface area contributed by atoms with Crippen LogP contribution in [0.5, 0.6) is 0 Å². The van der Waals surface area contributed by atoms with Crippen LogP contribution in [0.2, 0.25) is 0 Å². The maximum atomic E-state index is 9.04. The fourth-order valence-electron chi connectivity index (χ4n) is 1.63. The molecule has 4 heteroatoms. The van der Waals surface area contributed by atoms with Gasteiger partial charge >= 0.3 is 0 Å². The number of anilines is 2. The van der Waals surface area contributed by atoms with Crippen molar-refractivity contribution in [3.8, 4) is 12.1 Å². The molecule has 0 amide bonds. The Balaban J connectivity index is 2.39. The Morgan fingerprint density at radius 1 is 1.06 bits per heavy atom. The van der Waals surface area contributed by atoms with Crippen molar-refractivity contribution in [2.75, 3.05) is 11.9 Å². The van der Waals surface area contributed by atoms with E-state index in [4.69, 9.17) is 10.5 Å². The van der Waals surface area contributed by atoms with Crippen LogP contribution in [0.1, 0.15) is 11.1 Å². The monoisotopic (exact) mass is 234 g/mol. The van der Waals surface area contributed by atoms with Crippen molar-refractivity contribution in [1.29, 1.82) is 10.5 Å². The molecular formula is C14H10N4. The van der Waals surface area contributed by atoms with E-state index in [-0.39, 0.29) is 0 Å². The third-order valence-electron chi connectivity index (χ3n) is 2.61. The van der Waals surface area contributed by atoms with Crippen LogP contribution in [0.4, 0.5) is 11.5 Å². The standard InChI is InChI=1S/C14H10N4/c1-18(13-6-4-11(9-15)5-7-13)14-12(10-16)3-2-8-17-14/h2-8H,1H3. The first kappa shape index (κ1) is 11.6. The molecule has 18 heavy (non-hydrogen) atoms. The van der Waals surface area contributed by atoms with Crippen molar-refractivity contribution < 1.29 is 0 Å². The second kappa shape index (κ2) is 4.99. The number of hydrogen-bond donors (Lipinski definition) is 0. The lowest BCUT2D eigenvalue weighted by atomic mass is 10.2. The van der Waals surface area contributed by atoms with E-state index in [1.165, 1.54) is 0 Å². The molecule has 0 radical (unpaired) electrons. The smallest absolute Gasteiger partial charge is 0.150 e. The quantitative estimate of drug-likeness (QED) is 0.801. The fraction of sp³-hybridized carbons (Fsp3) is 0.0714. The lowest BCUT2D eigenvalue weighted by Crippen LogP contribution is -2.12. The van der Waals surface area contributed by atoms with Gasteiger partial charge in [-0.1, -0.05) is 0 Å². The Morgan fingerprint density at radius 3 is 2.39 bits per heavy atom. The molecule has 0 bridgehead atoms. The van der Waals surface area contributed by atoms with Crippen molar-refractivity contribution in [3.63, 3.8) is 0 Å². The van der Waals surface area contributed by atoms with Gasteiger partial charge in [0.25, 0.3) is 0 Å². The molecule has 0 saturated heterocycles. The van der Waals surface area contributed by atoms with Crippen LogP contribution in [-0.2, 0) is 0 Å². The minimum atomic E-state index is 0.518. The number of aromatic nitrogens is 1. The first-order valence-electron chi connectivity index (χ1n) is 5.35. The van der Waals surface area contributed by atoms with E-state index in [2.05, 4.69) is 17.1 Å². The average Bonchev–Trinajstić information content (AvgIpc) is 2.46. The van der Waals surface area contributed by atoms with E-state index >= 15 is 0 Å². The van der Waals surface area contributed by atoms with Crippen molar-refractivity contribution in [3.05, 3.63) is 53.7 Å². The molecule has 0 N–H and O–H groups in total. The molecule has 86 valence electrons. The summed E-state index contributed by atoms with van der Waals surface area (Å²) in [7, 11) is 1.84. The van der Waals surface area contributed by atoms with Gasteiger partial charge in [-0.05, 0) is 36.4 Å². The van der Waals surface area contributed by atoms with Crippen LogP contribution in [-0.4, -0.2) is 12.0 Å². The number of rotatable bonds is 2. The average molecular weight is 234 g/mol. The molecule has 0 fully saturated rings. The summed E-state index contributed by atoms with van der Waals surface area (Å²) in [5.74, 6) is 0.602. The Hall–Kier alpha value is -2.85. The zero-order valence-electron chi connectivity index (χ0n) is 9.83. The van der Waals surface area contributed by atoms with Crippen LogP contribution in [0.3, 0.4) is 0 Å². The molecule has 2 rings (SSSR count). The van der Waals surface area contributed by atoms with Crippen LogP contribution >= 0.6 is 0 Å². The van der Waals surface area contributed by atoms with Crippen LogP contribution < -0.4 is 4.90 Å².